The van der Waals surface area contributed by atoms with E-state index < -0.39 is 6.10 Å². The molecule has 7 nitrogen and oxygen atoms in total. The Morgan fingerprint density at radius 2 is 2.19 bits per heavy atom. The topological polar surface area (TPSA) is 74.3 Å². The van der Waals surface area contributed by atoms with Crippen molar-refractivity contribution in [3.63, 3.8) is 0 Å². The fourth-order valence-corrected chi connectivity index (χ4v) is 3.43. The van der Waals surface area contributed by atoms with Gasteiger partial charge in [-0.3, -0.25) is 4.90 Å². The molecule has 2 aliphatic rings. The Bertz CT molecular complexity index is 666. The first-order valence-electron chi connectivity index (χ1n) is 9.46. The maximum atomic E-state index is 12.7. The predicted octanol–water partition coefficient (Wildman–Crippen LogP) is 1.94. The average molecular weight is 375 g/mol. The van der Waals surface area contributed by atoms with Crippen LogP contribution in [0.4, 0.5) is 10.5 Å². The summed E-state index contributed by atoms with van der Waals surface area (Å²) in [5.74, 6) is 0.702. The Morgan fingerprint density at radius 3 is 2.93 bits per heavy atom. The Balaban J connectivity index is 1.53. The Morgan fingerprint density at radius 1 is 1.33 bits per heavy atom. The number of aliphatic hydroxyl groups is 1. The molecular weight excluding hydrogens is 346 g/mol. The van der Waals surface area contributed by atoms with Gasteiger partial charge in [0.15, 0.2) is 0 Å². The molecule has 3 rings (SSSR count). The standard InChI is InChI=1S/C20H29N3O4/c1-15(2)12-27-17-6-3-5-16(11-17)21-20(25)23-8-4-7-22(9-10-23)18-13-26-14-19(18)24/h3,5-6,11,18-19,24H,1,4,7-10,12-14H2,2H3,(H,21,25). The molecule has 2 atom stereocenters. The quantitative estimate of drug-likeness (QED) is 0.770. The number of nitrogens with zero attached hydrogens (tertiary/aromatic N) is 2. The molecule has 2 unspecified atom stereocenters. The number of ether oxygens (including phenoxy) is 2. The summed E-state index contributed by atoms with van der Waals surface area (Å²) in [6.45, 7) is 10.1. The molecule has 1 aromatic carbocycles. The van der Waals surface area contributed by atoms with Crippen molar-refractivity contribution in [1.82, 2.24) is 9.80 Å². The third-order valence-corrected chi connectivity index (χ3v) is 4.88. The van der Waals surface area contributed by atoms with Crippen LogP contribution in [0.1, 0.15) is 13.3 Å². The van der Waals surface area contributed by atoms with E-state index in [1.807, 2.05) is 36.1 Å². The van der Waals surface area contributed by atoms with Gasteiger partial charge in [0, 0.05) is 37.9 Å². The summed E-state index contributed by atoms with van der Waals surface area (Å²) in [7, 11) is 0. The smallest absolute Gasteiger partial charge is 0.321 e. The van der Waals surface area contributed by atoms with Crippen molar-refractivity contribution in [2.75, 3.05) is 51.3 Å². The second-order valence-corrected chi connectivity index (χ2v) is 7.25. The molecule has 27 heavy (non-hydrogen) atoms. The molecule has 2 aliphatic heterocycles. The molecule has 2 heterocycles. The van der Waals surface area contributed by atoms with E-state index in [9.17, 15) is 9.90 Å². The fraction of sp³-hybridized carbons (Fsp3) is 0.550. The lowest BCUT2D eigenvalue weighted by Crippen LogP contribution is -2.45. The molecule has 0 saturated carbocycles. The second kappa shape index (κ2) is 9.21. The van der Waals surface area contributed by atoms with Gasteiger partial charge in [0.05, 0.1) is 25.4 Å². The number of nitrogens with one attached hydrogen (secondary N) is 1. The van der Waals surface area contributed by atoms with Crippen molar-refractivity contribution in [1.29, 1.82) is 0 Å². The van der Waals surface area contributed by atoms with Crippen LogP contribution < -0.4 is 10.1 Å². The molecule has 0 bridgehead atoms. The number of aliphatic hydroxyl groups excluding tert-OH is 1. The van der Waals surface area contributed by atoms with Crippen molar-refractivity contribution in [3.05, 3.63) is 36.4 Å². The summed E-state index contributed by atoms with van der Waals surface area (Å²) in [4.78, 5) is 16.7. The maximum absolute atomic E-state index is 12.7. The van der Waals surface area contributed by atoms with Crippen LogP contribution in [0.25, 0.3) is 0 Å². The molecule has 1 aromatic rings. The summed E-state index contributed by atoms with van der Waals surface area (Å²) in [5.41, 5.74) is 1.65. The molecular formula is C20H29N3O4. The SMILES string of the molecule is C=C(C)COc1cccc(NC(=O)N2CCCN(C3COCC3O)CC2)c1. The minimum atomic E-state index is -0.438. The molecule has 0 spiro atoms. The summed E-state index contributed by atoms with van der Waals surface area (Å²) in [6.07, 6.45) is 0.436. The highest BCUT2D eigenvalue weighted by molar-refractivity contribution is 5.89. The summed E-state index contributed by atoms with van der Waals surface area (Å²) in [6, 6.07) is 7.30. The van der Waals surface area contributed by atoms with Gasteiger partial charge in [-0.2, -0.15) is 0 Å². The number of hydrogen-bond donors (Lipinski definition) is 2. The van der Waals surface area contributed by atoms with Crippen LogP contribution in [0, 0.1) is 0 Å². The van der Waals surface area contributed by atoms with Gasteiger partial charge >= 0.3 is 6.03 Å². The molecule has 2 amide bonds. The Kier molecular flexibility index (Phi) is 6.71. The minimum absolute atomic E-state index is 0.0372. The first kappa shape index (κ1) is 19.7. The number of amides is 2. The van der Waals surface area contributed by atoms with Gasteiger partial charge in [-0.25, -0.2) is 4.79 Å². The van der Waals surface area contributed by atoms with E-state index in [2.05, 4.69) is 16.8 Å². The Labute approximate surface area is 160 Å². The summed E-state index contributed by atoms with van der Waals surface area (Å²) < 4.78 is 11.0. The van der Waals surface area contributed by atoms with Crippen LogP contribution in [0.15, 0.2) is 36.4 Å². The normalized spacial score (nSPS) is 23.7. The lowest BCUT2D eigenvalue weighted by Gasteiger charge is -2.28. The average Bonchev–Trinajstić information content (AvgIpc) is 2.92. The van der Waals surface area contributed by atoms with Crippen molar-refractivity contribution in [2.24, 2.45) is 0 Å². The number of carbonyl (C=O) groups is 1. The fourth-order valence-electron chi connectivity index (χ4n) is 3.43. The van der Waals surface area contributed by atoms with E-state index in [4.69, 9.17) is 9.47 Å². The van der Waals surface area contributed by atoms with E-state index in [1.165, 1.54) is 0 Å². The van der Waals surface area contributed by atoms with Crippen LogP contribution in [-0.2, 0) is 4.74 Å². The van der Waals surface area contributed by atoms with Gasteiger partial charge in [-0.1, -0.05) is 12.6 Å². The molecule has 0 aromatic heterocycles. The largest absolute Gasteiger partial charge is 0.489 e. The Hall–Kier alpha value is -2.09. The van der Waals surface area contributed by atoms with Crippen LogP contribution in [-0.4, -0.2) is 79.1 Å². The molecule has 2 fully saturated rings. The van der Waals surface area contributed by atoms with E-state index >= 15 is 0 Å². The zero-order valence-electron chi connectivity index (χ0n) is 15.9. The van der Waals surface area contributed by atoms with Gasteiger partial charge in [0.25, 0.3) is 0 Å². The van der Waals surface area contributed by atoms with Crippen molar-refractivity contribution in [3.8, 4) is 5.75 Å². The van der Waals surface area contributed by atoms with Gasteiger partial charge in [0.2, 0.25) is 0 Å². The predicted molar refractivity (Wildman–Crippen MR) is 104 cm³/mol. The van der Waals surface area contributed by atoms with Gasteiger partial charge in [-0.15, -0.1) is 0 Å². The van der Waals surface area contributed by atoms with Crippen molar-refractivity contribution in [2.45, 2.75) is 25.5 Å². The van der Waals surface area contributed by atoms with Crippen LogP contribution >= 0.6 is 0 Å². The zero-order chi connectivity index (χ0) is 19.2. The van der Waals surface area contributed by atoms with E-state index in [0.717, 1.165) is 25.1 Å². The van der Waals surface area contributed by atoms with Crippen molar-refractivity contribution >= 4 is 11.7 Å². The third-order valence-electron chi connectivity index (χ3n) is 4.88. The zero-order valence-corrected chi connectivity index (χ0v) is 15.9. The molecule has 2 saturated heterocycles. The molecule has 0 aliphatic carbocycles. The monoisotopic (exact) mass is 375 g/mol. The number of urea groups is 1. The van der Waals surface area contributed by atoms with E-state index in [-0.39, 0.29) is 12.1 Å². The molecule has 2 N–H and O–H groups in total. The van der Waals surface area contributed by atoms with Crippen LogP contribution in [0.2, 0.25) is 0 Å². The maximum Gasteiger partial charge on any atom is 0.321 e. The number of carbonyl (C=O) groups excluding carboxylic acids is 1. The highest BCUT2D eigenvalue weighted by Crippen LogP contribution is 2.19. The van der Waals surface area contributed by atoms with E-state index in [1.54, 1.807) is 0 Å². The number of anilines is 1. The third kappa shape index (κ3) is 5.45. The van der Waals surface area contributed by atoms with Crippen LogP contribution in [0.5, 0.6) is 5.75 Å². The lowest BCUT2D eigenvalue weighted by molar-refractivity contribution is 0.0845. The number of benzene rings is 1. The molecule has 148 valence electrons. The van der Waals surface area contributed by atoms with Gasteiger partial charge in [-0.05, 0) is 31.1 Å². The first-order valence-corrected chi connectivity index (χ1v) is 9.46. The number of hydrogen-bond acceptors (Lipinski definition) is 5. The number of rotatable bonds is 5. The van der Waals surface area contributed by atoms with Gasteiger partial charge in [0.1, 0.15) is 12.4 Å². The highest BCUT2D eigenvalue weighted by atomic mass is 16.5. The molecule has 7 heteroatoms. The van der Waals surface area contributed by atoms with Crippen molar-refractivity contribution < 1.29 is 19.4 Å². The van der Waals surface area contributed by atoms with E-state index in [0.29, 0.717) is 44.3 Å². The minimum Gasteiger partial charge on any atom is -0.489 e. The van der Waals surface area contributed by atoms with Gasteiger partial charge < -0.3 is 24.8 Å². The second-order valence-electron chi connectivity index (χ2n) is 7.25. The van der Waals surface area contributed by atoms with Crippen LogP contribution in [0.3, 0.4) is 0 Å². The first-order chi connectivity index (χ1) is 13.0. The molecule has 0 radical (unpaired) electrons. The highest BCUT2D eigenvalue weighted by Gasteiger charge is 2.33. The summed E-state index contributed by atoms with van der Waals surface area (Å²) in [5, 5.41) is 13.0. The lowest BCUT2D eigenvalue weighted by atomic mass is 10.2. The summed E-state index contributed by atoms with van der Waals surface area (Å²) >= 11 is 0.